The molecule has 0 fully saturated rings. The molecule has 3 rings (SSSR count). The van der Waals surface area contributed by atoms with Gasteiger partial charge in [-0.05, 0) is 17.7 Å². The molecule has 4 nitrogen and oxygen atoms in total. The average Bonchev–Trinajstić information content (AvgIpc) is 3.07. The smallest absolute Gasteiger partial charge is 0.163 e. The van der Waals surface area contributed by atoms with Crippen LogP contribution in [0.2, 0.25) is 0 Å². The van der Waals surface area contributed by atoms with Gasteiger partial charge in [-0.2, -0.15) is 0 Å². The minimum absolute atomic E-state index is 0.0651. The number of hydrogen-bond donors (Lipinski definition) is 1. The summed E-state index contributed by atoms with van der Waals surface area (Å²) in [6, 6.07) is 4.48. The molecule has 0 radical (unpaired) electrons. The van der Waals surface area contributed by atoms with Gasteiger partial charge < -0.3 is 9.52 Å². The van der Waals surface area contributed by atoms with Gasteiger partial charge in [-0.15, -0.1) is 0 Å². The predicted molar refractivity (Wildman–Crippen MR) is 83.1 cm³/mol. The third-order valence-electron chi connectivity index (χ3n) is 4.27. The lowest BCUT2D eigenvalue weighted by Gasteiger charge is -2.34. The topological polar surface area (TPSA) is 59.2 Å². The van der Waals surface area contributed by atoms with Crippen LogP contribution >= 0.6 is 0 Å². The van der Waals surface area contributed by atoms with Gasteiger partial charge in [0.1, 0.15) is 23.6 Å². The molecule has 0 amide bonds. The quantitative estimate of drug-likeness (QED) is 0.763. The van der Waals surface area contributed by atoms with Gasteiger partial charge in [-0.1, -0.05) is 13.0 Å². The summed E-state index contributed by atoms with van der Waals surface area (Å²) in [5.74, 6) is -3.35. The molecule has 0 saturated heterocycles. The normalized spacial score (nSPS) is 14.9. The summed E-state index contributed by atoms with van der Waals surface area (Å²) < 4.78 is 46.8. The third kappa shape index (κ3) is 3.28. The first-order chi connectivity index (χ1) is 11.9. The maximum absolute atomic E-state index is 14.4. The number of halogens is 3. The van der Waals surface area contributed by atoms with Crippen LogP contribution in [0.5, 0.6) is 0 Å². The minimum Gasteiger partial charge on any atom is -0.472 e. The Morgan fingerprint density at radius 3 is 2.64 bits per heavy atom. The molecule has 0 aliphatic carbocycles. The molecule has 0 spiro atoms. The molecule has 0 aliphatic heterocycles. The minimum atomic E-state index is -1.88. The molecule has 0 unspecified atom stereocenters. The fourth-order valence-electron chi connectivity index (χ4n) is 2.89. The maximum Gasteiger partial charge on any atom is 0.163 e. The summed E-state index contributed by atoms with van der Waals surface area (Å²) in [7, 11) is 0. The Morgan fingerprint density at radius 2 is 2.00 bits per heavy atom. The van der Waals surface area contributed by atoms with E-state index in [1.165, 1.54) is 19.5 Å². The molecular formula is C18H15F3N2O2. The first kappa shape index (κ1) is 17.2. The first-order valence-corrected chi connectivity index (χ1v) is 7.56. The van der Waals surface area contributed by atoms with Crippen LogP contribution in [0, 0.1) is 17.5 Å². The van der Waals surface area contributed by atoms with E-state index in [0.29, 0.717) is 11.6 Å². The molecule has 2 heterocycles. The molecule has 1 aromatic carbocycles. The van der Waals surface area contributed by atoms with Gasteiger partial charge in [0.15, 0.2) is 5.82 Å². The number of rotatable bonds is 5. The monoisotopic (exact) mass is 348 g/mol. The van der Waals surface area contributed by atoms with Crippen LogP contribution < -0.4 is 0 Å². The molecule has 0 aliphatic rings. The lowest BCUT2D eigenvalue weighted by Crippen LogP contribution is -2.36. The third-order valence-corrected chi connectivity index (χ3v) is 4.27. The van der Waals surface area contributed by atoms with Gasteiger partial charge >= 0.3 is 0 Å². The van der Waals surface area contributed by atoms with Crippen molar-refractivity contribution in [3.8, 4) is 0 Å². The highest BCUT2D eigenvalue weighted by atomic mass is 19.1. The van der Waals surface area contributed by atoms with E-state index in [2.05, 4.69) is 9.97 Å². The summed E-state index contributed by atoms with van der Waals surface area (Å²) in [5.41, 5.74) is -1.52. The van der Waals surface area contributed by atoms with Crippen LogP contribution in [-0.2, 0) is 12.0 Å². The molecule has 2 atom stereocenters. The zero-order valence-electron chi connectivity index (χ0n) is 13.3. The zero-order chi connectivity index (χ0) is 18.0. The largest absolute Gasteiger partial charge is 0.472 e. The standard InChI is InChI=1S/C18H15F3N2O2/c1-11(17-16(21)8-22-10-23-17)18(24,7-12-4-5-25-9-12)14-3-2-13(19)6-15(14)20/h2-6,8-11,24H,7H2,1H3/t11-,18+/m0/s1. The van der Waals surface area contributed by atoms with E-state index in [-0.39, 0.29) is 17.7 Å². The van der Waals surface area contributed by atoms with Crippen LogP contribution in [0.3, 0.4) is 0 Å². The molecular weight excluding hydrogens is 333 g/mol. The number of furan rings is 1. The summed E-state index contributed by atoms with van der Waals surface area (Å²) in [6.07, 6.45) is 4.85. The Bertz CT molecular complexity index is 871. The summed E-state index contributed by atoms with van der Waals surface area (Å²) in [6.45, 7) is 1.52. The molecule has 3 aromatic rings. The van der Waals surface area contributed by atoms with E-state index in [1.54, 1.807) is 6.07 Å². The second kappa shape index (κ2) is 6.68. The van der Waals surface area contributed by atoms with Crippen molar-refractivity contribution >= 4 is 0 Å². The second-order valence-corrected chi connectivity index (χ2v) is 5.83. The first-order valence-electron chi connectivity index (χ1n) is 7.56. The van der Waals surface area contributed by atoms with Crippen molar-refractivity contribution in [2.24, 2.45) is 0 Å². The molecule has 130 valence electrons. The van der Waals surface area contributed by atoms with Crippen molar-refractivity contribution in [2.45, 2.75) is 24.9 Å². The zero-order valence-corrected chi connectivity index (χ0v) is 13.3. The fraction of sp³-hybridized carbons (Fsp3) is 0.222. The highest BCUT2D eigenvalue weighted by Crippen LogP contribution is 2.40. The average molecular weight is 348 g/mol. The van der Waals surface area contributed by atoms with E-state index < -0.39 is 29.0 Å². The van der Waals surface area contributed by atoms with Crippen molar-refractivity contribution in [2.75, 3.05) is 0 Å². The number of aliphatic hydroxyl groups is 1. The fourth-order valence-corrected chi connectivity index (χ4v) is 2.89. The molecule has 0 saturated carbocycles. The highest BCUT2D eigenvalue weighted by Gasteiger charge is 2.41. The maximum atomic E-state index is 14.4. The SMILES string of the molecule is C[C@@H](c1ncncc1F)[C@](O)(Cc1ccoc1)c1ccc(F)cc1F. The molecule has 0 bridgehead atoms. The molecule has 2 aromatic heterocycles. The van der Waals surface area contributed by atoms with Crippen molar-refractivity contribution in [3.05, 3.63) is 83.6 Å². The number of benzene rings is 1. The number of hydrogen-bond acceptors (Lipinski definition) is 4. The van der Waals surface area contributed by atoms with Gasteiger partial charge in [0.05, 0.1) is 24.4 Å². The van der Waals surface area contributed by atoms with E-state index in [4.69, 9.17) is 4.42 Å². The van der Waals surface area contributed by atoms with Crippen molar-refractivity contribution in [3.63, 3.8) is 0 Å². The van der Waals surface area contributed by atoms with Crippen LogP contribution in [0.15, 0.2) is 53.7 Å². The van der Waals surface area contributed by atoms with E-state index in [9.17, 15) is 18.3 Å². The van der Waals surface area contributed by atoms with Crippen molar-refractivity contribution < 1.29 is 22.7 Å². The van der Waals surface area contributed by atoms with Crippen molar-refractivity contribution in [1.82, 2.24) is 9.97 Å². The molecule has 25 heavy (non-hydrogen) atoms. The second-order valence-electron chi connectivity index (χ2n) is 5.83. The van der Waals surface area contributed by atoms with E-state index in [1.807, 2.05) is 0 Å². The van der Waals surface area contributed by atoms with Gasteiger partial charge in [0, 0.05) is 24.0 Å². The summed E-state index contributed by atoms with van der Waals surface area (Å²) in [5, 5.41) is 11.3. The van der Waals surface area contributed by atoms with Crippen LogP contribution in [0.1, 0.15) is 29.7 Å². The molecule has 1 N–H and O–H groups in total. The van der Waals surface area contributed by atoms with E-state index >= 15 is 0 Å². The Morgan fingerprint density at radius 1 is 1.20 bits per heavy atom. The highest BCUT2D eigenvalue weighted by molar-refractivity contribution is 5.32. The van der Waals surface area contributed by atoms with Gasteiger partial charge in [-0.25, -0.2) is 23.1 Å². The van der Waals surface area contributed by atoms with Crippen LogP contribution in [0.4, 0.5) is 13.2 Å². The summed E-state index contributed by atoms with van der Waals surface area (Å²) >= 11 is 0. The van der Waals surface area contributed by atoms with Gasteiger partial charge in [0.2, 0.25) is 0 Å². The van der Waals surface area contributed by atoms with E-state index in [0.717, 1.165) is 24.7 Å². The Balaban J connectivity index is 2.13. The lowest BCUT2D eigenvalue weighted by atomic mass is 9.76. The Labute approximate surface area is 142 Å². The number of aromatic nitrogens is 2. The van der Waals surface area contributed by atoms with Gasteiger partial charge in [0.25, 0.3) is 0 Å². The Kier molecular flexibility index (Phi) is 4.59. The Hall–Kier alpha value is -2.67. The summed E-state index contributed by atoms with van der Waals surface area (Å²) in [4.78, 5) is 7.46. The van der Waals surface area contributed by atoms with Crippen LogP contribution in [-0.4, -0.2) is 15.1 Å². The van der Waals surface area contributed by atoms with Crippen LogP contribution in [0.25, 0.3) is 0 Å². The lowest BCUT2D eigenvalue weighted by molar-refractivity contribution is 0.00669. The van der Waals surface area contributed by atoms with Gasteiger partial charge in [-0.3, -0.25) is 0 Å². The molecule has 7 heteroatoms. The number of nitrogens with zero attached hydrogens (tertiary/aromatic N) is 2. The predicted octanol–water partition coefficient (Wildman–Crippen LogP) is 3.72. The van der Waals surface area contributed by atoms with Crippen molar-refractivity contribution in [1.29, 1.82) is 0 Å².